The Bertz CT molecular complexity index is 725. The van der Waals surface area contributed by atoms with E-state index in [0.29, 0.717) is 11.4 Å². The maximum absolute atomic E-state index is 12.4. The molecule has 0 aliphatic carbocycles. The molecule has 2 aromatic rings. The predicted molar refractivity (Wildman–Crippen MR) is 83.3 cm³/mol. The van der Waals surface area contributed by atoms with Crippen LogP contribution in [0.2, 0.25) is 0 Å². The first-order valence-corrected chi connectivity index (χ1v) is 9.16. The molecule has 1 saturated heterocycles. The molecule has 0 spiro atoms. The molecule has 0 bridgehead atoms. The lowest BCUT2D eigenvalue weighted by atomic mass is 10.1. The number of likely N-dealkylation sites (tertiary alicyclic amines) is 1. The Hall–Kier alpha value is -1.66. The largest absolute Gasteiger partial charge is 0.359 e. The molecule has 22 heavy (non-hydrogen) atoms. The van der Waals surface area contributed by atoms with Crippen LogP contribution in [0.4, 0.5) is 0 Å². The Labute approximate surface area is 130 Å². The SMILES string of the molecule is Cc1cc([C@@H]2CCCN2CCS(=O)(=O)c2ccccc2)on1. The van der Waals surface area contributed by atoms with Gasteiger partial charge in [0.2, 0.25) is 0 Å². The molecule has 0 N–H and O–H groups in total. The second-order valence-corrected chi connectivity index (χ2v) is 7.81. The Morgan fingerprint density at radius 1 is 1.32 bits per heavy atom. The summed E-state index contributed by atoms with van der Waals surface area (Å²) in [7, 11) is -3.24. The summed E-state index contributed by atoms with van der Waals surface area (Å²) in [4.78, 5) is 2.57. The van der Waals surface area contributed by atoms with Gasteiger partial charge in [-0.25, -0.2) is 8.42 Å². The smallest absolute Gasteiger partial charge is 0.179 e. The fraction of sp³-hybridized carbons (Fsp3) is 0.438. The first-order valence-electron chi connectivity index (χ1n) is 7.51. The van der Waals surface area contributed by atoms with Crippen molar-refractivity contribution in [2.45, 2.75) is 30.7 Å². The van der Waals surface area contributed by atoms with E-state index >= 15 is 0 Å². The quantitative estimate of drug-likeness (QED) is 0.847. The topological polar surface area (TPSA) is 63.4 Å². The minimum atomic E-state index is -3.24. The van der Waals surface area contributed by atoms with Gasteiger partial charge in [-0.2, -0.15) is 0 Å². The lowest BCUT2D eigenvalue weighted by Crippen LogP contribution is -2.29. The number of rotatable bonds is 5. The second-order valence-electron chi connectivity index (χ2n) is 5.70. The van der Waals surface area contributed by atoms with Gasteiger partial charge < -0.3 is 4.52 Å². The second kappa shape index (κ2) is 6.22. The van der Waals surface area contributed by atoms with Crippen molar-refractivity contribution in [3.05, 3.63) is 47.9 Å². The van der Waals surface area contributed by atoms with Gasteiger partial charge in [0.15, 0.2) is 15.6 Å². The fourth-order valence-electron chi connectivity index (χ4n) is 2.94. The van der Waals surface area contributed by atoms with Gasteiger partial charge in [-0.1, -0.05) is 23.4 Å². The van der Waals surface area contributed by atoms with Gasteiger partial charge in [0.25, 0.3) is 0 Å². The molecule has 118 valence electrons. The van der Waals surface area contributed by atoms with Crippen LogP contribution in [-0.4, -0.2) is 37.3 Å². The molecule has 5 nitrogen and oxygen atoms in total. The highest BCUT2D eigenvalue weighted by Gasteiger charge is 2.30. The Kier molecular flexibility index (Phi) is 4.31. The lowest BCUT2D eigenvalue weighted by Gasteiger charge is -2.22. The summed E-state index contributed by atoms with van der Waals surface area (Å²) >= 11 is 0. The minimum Gasteiger partial charge on any atom is -0.359 e. The van der Waals surface area contributed by atoms with Gasteiger partial charge >= 0.3 is 0 Å². The van der Waals surface area contributed by atoms with Gasteiger partial charge in [-0.05, 0) is 38.4 Å². The molecule has 1 atom stereocenters. The highest BCUT2D eigenvalue weighted by Crippen LogP contribution is 2.32. The van der Waals surface area contributed by atoms with E-state index in [0.717, 1.165) is 30.8 Å². The fourth-order valence-corrected chi connectivity index (χ4v) is 4.22. The van der Waals surface area contributed by atoms with Crippen LogP contribution in [0.5, 0.6) is 0 Å². The molecule has 2 heterocycles. The van der Waals surface area contributed by atoms with Crippen LogP contribution in [0.25, 0.3) is 0 Å². The molecule has 1 aliphatic rings. The van der Waals surface area contributed by atoms with Crippen molar-refractivity contribution in [3.8, 4) is 0 Å². The zero-order valence-electron chi connectivity index (χ0n) is 12.6. The van der Waals surface area contributed by atoms with Gasteiger partial charge in [0.05, 0.1) is 22.4 Å². The number of benzene rings is 1. The number of aromatic nitrogens is 1. The third-order valence-corrected chi connectivity index (χ3v) is 5.80. The highest BCUT2D eigenvalue weighted by atomic mass is 32.2. The molecule has 1 aliphatic heterocycles. The molecular formula is C16H20N2O3S. The van der Waals surface area contributed by atoms with Crippen molar-refractivity contribution in [1.82, 2.24) is 10.1 Å². The molecule has 0 unspecified atom stereocenters. The van der Waals surface area contributed by atoms with Crippen molar-refractivity contribution in [2.24, 2.45) is 0 Å². The highest BCUT2D eigenvalue weighted by molar-refractivity contribution is 7.91. The van der Waals surface area contributed by atoms with Crippen molar-refractivity contribution in [3.63, 3.8) is 0 Å². The van der Waals surface area contributed by atoms with Gasteiger partial charge in [-0.15, -0.1) is 0 Å². The maximum Gasteiger partial charge on any atom is 0.179 e. The number of sulfone groups is 1. The van der Waals surface area contributed by atoms with E-state index in [4.69, 9.17) is 4.52 Å². The normalized spacial score (nSPS) is 19.6. The summed E-state index contributed by atoms with van der Waals surface area (Å²) in [5.74, 6) is 0.966. The van der Waals surface area contributed by atoms with Crippen LogP contribution in [-0.2, 0) is 9.84 Å². The number of hydrogen-bond acceptors (Lipinski definition) is 5. The predicted octanol–water partition coefficient (Wildman–Crippen LogP) is 2.59. The maximum atomic E-state index is 12.4. The van der Waals surface area contributed by atoms with E-state index in [1.807, 2.05) is 19.1 Å². The minimum absolute atomic E-state index is 0.126. The summed E-state index contributed by atoms with van der Waals surface area (Å²) in [6.45, 7) is 3.31. The van der Waals surface area contributed by atoms with E-state index < -0.39 is 9.84 Å². The van der Waals surface area contributed by atoms with E-state index in [2.05, 4.69) is 10.1 Å². The molecule has 1 aromatic heterocycles. The first-order chi connectivity index (χ1) is 10.6. The van der Waals surface area contributed by atoms with Crippen molar-refractivity contribution < 1.29 is 12.9 Å². The third kappa shape index (κ3) is 3.23. The monoisotopic (exact) mass is 320 g/mol. The van der Waals surface area contributed by atoms with E-state index in [1.54, 1.807) is 24.3 Å². The van der Waals surface area contributed by atoms with Crippen LogP contribution in [0, 0.1) is 6.92 Å². The van der Waals surface area contributed by atoms with E-state index in [9.17, 15) is 8.42 Å². The van der Waals surface area contributed by atoms with Crippen LogP contribution in [0.3, 0.4) is 0 Å². The Morgan fingerprint density at radius 3 is 2.77 bits per heavy atom. The summed E-state index contributed by atoms with van der Waals surface area (Å²) in [6.07, 6.45) is 2.04. The molecule has 0 amide bonds. The first kappa shape index (κ1) is 15.2. The van der Waals surface area contributed by atoms with Gasteiger partial charge in [-0.3, -0.25) is 4.90 Å². The summed E-state index contributed by atoms with van der Waals surface area (Å²) in [5.41, 5.74) is 0.860. The van der Waals surface area contributed by atoms with Crippen molar-refractivity contribution in [2.75, 3.05) is 18.8 Å². The molecule has 1 aromatic carbocycles. The van der Waals surface area contributed by atoms with Crippen LogP contribution in [0.15, 0.2) is 45.8 Å². The molecule has 0 saturated carbocycles. The summed E-state index contributed by atoms with van der Waals surface area (Å²) in [5, 5.41) is 3.93. The van der Waals surface area contributed by atoms with Gasteiger partial charge in [0.1, 0.15) is 0 Å². The molecular weight excluding hydrogens is 300 g/mol. The summed E-state index contributed by atoms with van der Waals surface area (Å²) < 4.78 is 30.1. The van der Waals surface area contributed by atoms with Crippen molar-refractivity contribution >= 4 is 9.84 Å². The number of aryl methyl sites for hydroxylation is 1. The molecule has 6 heteroatoms. The standard InChI is InChI=1S/C16H20N2O3S/c1-13-12-16(21-17-13)15-8-5-9-18(15)10-11-22(19,20)14-6-3-2-4-7-14/h2-4,6-7,12,15H,5,8-11H2,1H3/t15-/m0/s1. The molecule has 1 fully saturated rings. The Balaban J connectivity index is 1.68. The van der Waals surface area contributed by atoms with Crippen LogP contribution in [0.1, 0.15) is 30.3 Å². The zero-order chi connectivity index (χ0) is 15.6. The van der Waals surface area contributed by atoms with Crippen LogP contribution < -0.4 is 0 Å². The van der Waals surface area contributed by atoms with Gasteiger partial charge in [0, 0.05) is 12.6 Å². The zero-order valence-corrected chi connectivity index (χ0v) is 13.4. The lowest BCUT2D eigenvalue weighted by molar-refractivity contribution is 0.223. The average molecular weight is 320 g/mol. The Morgan fingerprint density at radius 2 is 2.09 bits per heavy atom. The average Bonchev–Trinajstić information content (AvgIpc) is 3.14. The summed E-state index contributed by atoms with van der Waals surface area (Å²) in [6, 6.07) is 10.7. The van der Waals surface area contributed by atoms with E-state index in [-0.39, 0.29) is 11.8 Å². The third-order valence-electron chi connectivity index (χ3n) is 4.09. The molecule has 0 radical (unpaired) electrons. The number of nitrogens with zero attached hydrogens (tertiary/aromatic N) is 2. The van der Waals surface area contributed by atoms with Crippen molar-refractivity contribution in [1.29, 1.82) is 0 Å². The number of hydrogen-bond donors (Lipinski definition) is 0. The molecule has 3 rings (SSSR count). The van der Waals surface area contributed by atoms with Crippen LogP contribution >= 0.6 is 0 Å². The van der Waals surface area contributed by atoms with E-state index in [1.165, 1.54) is 0 Å².